The van der Waals surface area contributed by atoms with E-state index >= 15 is 0 Å². The van der Waals surface area contributed by atoms with E-state index in [9.17, 15) is 4.57 Å². The number of hydrogen-bond acceptors (Lipinski definition) is 1. The fourth-order valence-corrected chi connectivity index (χ4v) is 0.385. The van der Waals surface area contributed by atoms with Crippen LogP contribution >= 0.6 is 7.59 Å². The molecule has 0 radical (unpaired) electrons. The highest BCUT2D eigenvalue weighted by molar-refractivity contribution is 7.56. The standard InChI is InChI=1S/C6H6.H6N3OP/c1-2-4-6-5-3-1;1-5(2,3)4/h1-6H;(H6,1,2,3,4). The molecule has 62 valence electrons. The summed E-state index contributed by atoms with van der Waals surface area (Å²) in [5, 5.41) is 0. The monoisotopic (exact) mass is 173 g/mol. The molecule has 6 N–H and O–H groups in total. The Balaban J connectivity index is 0.000000187. The summed E-state index contributed by atoms with van der Waals surface area (Å²) in [6.07, 6.45) is 0. The minimum atomic E-state index is -3.14. The van der Waals surface area contributed by atoms with Gasteiger partial charge in [0.2, 0.25) is 0 Å². The summed E-state index contributed by atoms with van der Waals surface area (Å²) in [4.78, 5) is 0. The molecule has 0 fully saturated rings. The van der Waals surface area contributed by atoms with Crippen molar-refractivity contribution in [3.05, 3.63) is 36.4 Å². The molecule has 1 rings (SSSR count). The second-order valence-electron chi connectivity index (χ2n) is 1.92. The molecule has 1 aromatic carbocycles. The zero-order valence-electron chi connectivity index (χ0n) is 6.05. The molecule has 11 heavy (non-hydrogen) atoms. The van der Waals surface area contributed by atoms with E-state index < -0.39 is 7.59 Å². The van der Waals surface area contributed by atoms with Crippen molar-refractivity contribution >= 4 is 7.59 Å². The smallest absolute Gasteiger partial charge is 0.271 e. The van der Waals surface area contributed by atoms with Gasteiger partial charge in [-0.25, -0.2) is 0 Å². The molecular formula is C6H12N3OP. The minimum Gasteiger partial charge on any atom is -0.272 e. The van der Waals surface area contributed by atoms with Crippen LogP contribution in [0.1, 0.15) is 0 Å². The second kappa shape index (κ2) is 5.04. The van der Waals surface area contributed by atoms with Gasteiger partial charge in [0.05, 0.1) is 0 Å². The van der Waals surface area contributed by atoms with Gasteiger partial charge in [-0.3, -0.25) is 21.1 Å². The molecule has 0 saturated heterocycles. The van der Waals surface area contributed by atoms with E-state index in [0.717, 1.165) is 0 Å². The summed E-state index contributed by atoms with van der Waals surface area (Å²) in [5.41, 5.74) is 13.4. The number of nitrogens with two attached hydrogens (primary N) is 3. The van der Waals surface area contributed by atoms with Crippen LogP contribution in [0.5, 0.6) is 0 Å². The third-order valence-electron chi connectivity index (χ3n) is 0.667. The molecule has 0 unspecified atom stereocenters. The summed E-state index contributed by atoms with van der Waals surface area (Å²) >= 11 is 0. The normalized spacial score (nSPS) is 9.73. The second-order valence-corrected chi connectivity index (χ2v) is 3.45. The van der Waals surface area contributed by atoms with E-state index in [-0.39, 0.29) is 0 Å². The van der Waals surface area contributed by atoms with Crippen molar-refractivity contribution in [3.8, 4) is 0 Å². The molecule has 0 heterocycles. The molecule has 0 aliphatic heterocycles. The first-order valence-electron chi connectivity index (χ1n) is 2.96. The molecule has 0 bridgehead atoms. The van der Waals surface area contributed by atoms with Gasteiger partial charge in [0.25, 0.3) is 7.59 Å². The van der Waals surface area contributed by atoms with Gasteiger partial charge < -0.3 is 0 Å². The summed E-state index contributed by atoms with van der Waals surface area (Å²) in [5.74, 6) is 0. The molecule has 0 aliphatic rings. The van der Waals surface area contributed by atoms with Gasteiger partial charge >= 0.3 is 0 Å². The maximum absolute atomic E-state index is 9.55. The summed E-state index contributed by atoms with van der Waals surface area (Å²) < 4.78 is 9.55. The highest BCUT2D eigenvalue weighted by Crippen LogP contribution is 2.06. The topological polar surface area (TPSA) is 95.1 Å². The number of hydrogen-bond donors (Lipinski definition) is 3. The van der Waals surface area contributed by atoms with Gasteiger partial charge in [0.15, 0.2) is 0 Å². The fourth-order valence-electron chi connectivity index (χ4n) is 0.385. The number of benzene rings is 1. The van der Waals surface area contributed by atoms with E-state index in [1.807, 2.05) is 36.4 Å². The highest BCUT2D eigenvalue weighted by Gasteiger charge is 1.90. The molecule has 5 heteroatoms. The predicted octanol–water partition coefficient (Wildman–Crippen LogP) is 0.657. The Hall–Kier alpha value is -0.670. The van der Waals surface area contributed by atoms with Crippen LogP contribution < -0.4 is 16.5 Å². The van der Waals surface area contributed by atoms with E-state index in [1.54, 1.807) is 0 Å². The first kappa shape index (κ1) is 10.3. The molecule has 0 atom stereocenters. The van der Waals surface area contributed by atoms with Crippen molar-refractivity contribution in [1.29, 1.82) is 0 Å². The predicted molar refractivity (Wildman–Crippen MR) is 46.6 cm³/mol. The van der Waals surface area contributed by atoms with Gasteiger partial charge in [0.1, 0.15) is 0 Å². The van der Waals surface area contributed by atoms with Crippen molar-refractivity contribution in [2.45, 2.75) is 0 Å². The SMILES string of the molecule is NP(N)(N)=O.c1ccccc1. The third kappa shape index (κ3) is 17.6. The Labute approximate surface area is 65.9 Å². The molecule has 0 amide bonds. The Bertz CT molecular complexity index is 186. The molecule has 4 nitrogen and oxygen atoms in total. The van der Waals surface area contributed by atoms with Crippen LogP contribution in [0, 0.1) is 0 Å². The van der Waals surface area contributed by atoms with Crippen molar-refractivity contribution < 1.29 is 4.57 Å². The Morgan fingerprint density at radius 3 is 0.909 bits per heavy atom. The third-order valence-corrected chi connectivity index (χ3v) is 0.667. The lowest BCUT2D eigenvalue weighted by Crippen LogP contribution is -2.12. The fraction of sp³-hybridized carbons (Fsp3) is 0. The lowest BCUT2D eigenvalue weighted by Gasteiger charge is -1.88. The van der Waals surface area contributed by atoms with Gasteiger partial charge in [-0.1, -0.05) is 36.4 Å². The Morgan fingerprint density at radius 1 is 0.727 bits per heavy atom. The molecule has 0 aromatic heterocycles. The van der Waals surface area contributed by atoms with Gasteiger partial charge in [-0.2, -0.15) is 0 Å². The quantitative estimate of drug-likeness (QED) is 0.502. The van der Waals surface area contributed by atoms with E-state index in [0.29, 0.717) is 0 Å². The van der Waals surface area contributed by atoms with E-state index in [1.165, 1.54) is 0 Å². The maximum atomic E-state index is 9.55. The van der Waals surface area contributed by atoms with E-state index in [2.05, 4.69) is 16.5 Å². The zero-order valence-corrected chi connectivity index (χ0v) is 6.95. The van der Waals surface area contributed by atoms with Crippen molar-refractivity contribution in [3.63, 3.8) is 0 Å². The first-order chi connectivity index (χ1) is 5.00. The molecular weight excluding hydrogens is 161 g/mol. The summed E-state index contributed by atoms with van der Waals surface area (Å²) in [6.45, 7) is 0. The van der Waals surface area contributed by atoms with Crippen molar-refractivity contribution in [2.75, 3.05) is 0 Å². The van der Waals surface area contributed by atoms with Crippen LogP contribution in [-0.4, -0.2) is 0 Å². The molecule has 1 aromatic rings. The van der Waals surface area contributed by atoms with Crippen LogP contribution in [0.25, 0.3) is 0 Å². The van der Waals surface area contributed by atoms with Crippen LogP contribution in [-0.2, 0) is 4.57 Å². The molecule has 0 spiro atoms. The highest BCUT2D eigenvalue weighted by atomic mass is 31.2. The summed E-state index contributed by atoms with van der Waals surface area (Å²) in [6, 6.07) is 12.0. The van der Waals surface area contributed by atoms with Crippen LogP contribution in [0.3, 0.4) is 0 Å². The Kier molecular flexibility index (Phi) is 4.74. The van der Waals surface area contributed by atoms with Crippen LogP contribution in [0.15, 0.2) is 36.4 Å². The lowest BCUT2D eigenvalue weighted by atomic mass is 10.4. The average Bonchev–Trinajstić information content (AvgIpc) is 1.88. The van der Waals surface area contributed by atoms with Gasteiger partial charge in [0, 0.05) is 0 Å². The lowest BCUT2D eigenvalue weighted by molar-refractivity contribution is 0.577. The summed E-state index contributed by atoms with van der Waals surface area (Å²) in [7, 11) is -3.14. The Morgan fingerprint density at radius 2 is 0.818 bits per heavy atom. The minimum absolute atomic E-state index is 2.00. The van der Waals surface area contributed by atoms with Gasteiger partial charge in [-0.15, -0.1) is 0 Å². The first-order valence-corrected chi connectivity index (χ1v) is 4.87. The molecule has 0 saturated carbocycles. The van der Waals surface area contributed by atoms with E-state index in [4.69, 9.17) is 0 Å². The van der Waals surface area contributed by atoms with Crippen molar-refractivity contribution in [1.82, 2.24) is 0 Å². The van der Waals surface area contributed by atoms with Gasteiger partial charge in [-0.05, 0) is 0 Å². The number of rotatable bonds is 0. The molecule has 0 aliphatic carbocycles. The van der Waals surface area contributed by atoms with Crippen LogP contribution in [0.2, 0.25) is 0 Å². The average molecular weight is 173 g/mol. The van der Waals surface area contributed by atoms with Crippen LogP contribution in [0.4, 0.5) is 0 Å². The van der Waals surface area contributed by atoms with Crippen molar-refractivity contribution in [2.24, 2.45) is 16.5 Å². The zero-order chi connectivity index (χ0) is 8.74. The largest absolute Gasteiger partial charge is 0.272 e. The maximum Gasteiger partial charge on any atom is 0.271 e.